The molecule has 1 aliphatic rings. The van der Waals surface area contributed by atoms with Gasteiger partial charge in [-0.15, -0.1) is 0 Å². The molecule has 1 aliphatic heterocycles. The third-order valence-electron chi connectivity index (χ3n) is 3.40. The van der Waals surface area contributed by atoms with Gasteiger partial charge in [0.25, 0.3) is 12.3 Å². The lowest BCUT2D eigenvalue weighted by Gasteiger charge is -2.29. The largest absolute Gasteiger partial charge is 0.364 e. The molecule has 0 aromatic carbocycles. The first kappa shape index (κ1) is 15.3. The summed E-state index contributed by atoms with van der Waals surface area (Å²) in [6.07, 6.45) is 1.29. The highest BCUT2D eigenvalue weighted by Gasteiger charge is 2.51. The molecule has 0 saturated carbocycles. The standard InChI is InChI=1S/C13H14F2N6O2/c1-9-7-13(23,12(14)15)21(17-9)11(22)10-3-6-20(18-10)8-19-5-2-4-16-19/h2-6,12,23H,7-8H2,1H3/t13-/m0/s1. The van der Waals surface area contributed by atoms with E-state index >= 15 is 0 Å². The SMILES string of the molecule is CC1=NN(C(=O)c2ccn(Cn3cccn3)n2)[C@@](O)(C(F)F)C1. The molecule has 2 aromatic rings. The predicted molar refractivity (Wildman–Crippen MR) is 74.7 cm³/mol. The summed E-state index contributed by atoms with van der Waals surface area (Å²) in [6.45, 7) is 1.73. The Balaban J connectivity index is 1.81. The number of hydrogen-bond donors (Lipinski definition) is 1. The lowest BCUT2D eigenvalue weighted by molar-refractivity contribution is -0.164. The Morgan fingerprint density at radius 3 is 2.87 bits per heavy atom. The van der Waals surface area contributed by atoms with Crippen molar-refractivity contribution in [2.45, 2.75) is 32.2 Å². The summed E-state index contributed by atoms with van der Waals surface area (Å²) in [4.78, 5) is 12.4. The molecular formula is C13H14F2N6O2. The van der Waals surface area contributed by atoms with E-state index in [0.717, 1.165) is 0 Å². The van der Waals surface area contributed by atoms with Crippen molar-refractivity contribution in [2.75, 3.05) is 0 Å². The van der Waals surface area contributed by atoms with Crippen LogP contribution in [0.3, 0.4) is 0 Å². The number of halogens is 2. The van der Waals surface area contributed by atoms with Crippen LogP contribution in [0.2, 0.25) is 0 Å². The molecule has 0 fully saturated rings. The number of aliphatic hydroxyl groups is 1. The van der Waals surface area contributed by atoms with Gasteiger partial charge in [-0.05, 0) is 19.1 Å². The van der Waals surface area contributed by atoms with E-state index in [2.05, 4.69) is 15.3 Å². The van der Waals surface area contributed by atoms with Gasteiger partial charge in [0.1, 0.15) is 6.67 Å². The Morgan fingerprint density at radius 1 is 1.43 bits per heavy atom. The van der Waals surface area contributed by atoms with E-state index in [4.69, 9.17) is 0 Å². The smallest absolute Gasteiger partial charge is 0.297 e. The molecule has 2 aromatic heterocycles. The van der Waals surface area contributed by atoms with Crippen LogP contribution in [0.15, 0.2) is 35.8 Å². The summed E-state index contributed by atoms with van der Waals surface area (Å²) in [5.41, 5.74) is -2.47. The van der Waals surface area contributed by atoms with E-state index in [1.165, 1.54) is 23.9 Å². The van der Waals surface area contributed by atoms with Crippen LogP contribution in [0.1, 0.15) is 23.8 Å². The quantitative estimate of drug-likeness (QED) is 0.899. The number of carbonyl (C=O) groups excluding carboxylic acids is 1. The molecule has 0 saturated heterocycles. The van der Waals surface area contributed by atoms with Crippen molar-refractivity contribution in [1.29, 1.82) is 0 Å². The number of carbonyl (C=O) groups is 1. The number of aromatic nitrogens is 4. The zero-order valence-electron chi connectivity index (χ0n) is 12.2. The minimum atomic E-state index is -3.14. The van der Waals surface area contributed by atoms with Gasteiger partial charge in [-0.2, -0.15) is 20.3 Å². The van der Waals surface area contributed by atoms with E-state index in [9.17, 15) is 18.7 Å². The monoisotopic (exact) mass is 324 g/mol. The van der Waals surface area contributed by atoms with Gasteiger partial charge in [-0.1, -0.05) is 0 Å². The normalized spacial score (nSPS) is 21.1. The van der Waals surface area contributed by atoms with E-state index in [0.29, 0.717) is 5.01 Å². The molecule has 122 valence electrons. The van der Waals surface area contributed by atoms with Gasteiger partial charge in [0.15, 0.2) is 5.69 Å². The Labute approximate surface area is 129 Å². The molecule has 1 amide bonds. The molecule has 0 radical (unpaired) electrons. The molecule has 0 unspecified atom stereocenters. The first-order valence-electron chi connectivity index (χ1n) is 6.80. The van der Waals surface area contributed by atoms with E-state index in [-0.39, 0.29) is 18.1 Å². The van der Waals surface area contributed by atoms with E-state index in [1.54, 1.807) is 23.1 Å². The molecule has 1 N–H and O–H groups in total. The van der Waals surface area contributed by atoms with Gasteiger partial charge in [-0.3, -0.25) is 14.2 Å². The van der Waals surface area contributed by atoms with Crippen molar-refractivity contribution < 1.29 is 18.7 Å². The topological polar surface area (TPSA) is 88.5 Å². The maximum absolute atomic E-state index is 13.1. The lowest BCUT2D eigenvalue weighted by atomic mass is 10.1. The molecule has 0 spiro atoms. The van der Waals surface area contributed by atoms with Crippen LogP contribution in [0.5, 0.6) is 0 Å². The maximum Gasteiger partial charge on any atom is 0.297 e. The van der Waals surface area contributed by atoms with Gasteiger partial charge in [0, 0.05) is 30.7 Å². The van der Waals surface area contributed by atoms with Gasteiger partial charge >= 0.3 is 0 Å². The molecule has 8 nitrogen and oxygen atoms in total. The van der Waals surface area contributed by atoms with E-state index < -0.39 is 24.5 Å². The van der Waals surface area contributed by atoms with Gasteiger partial charge in [-0.25, -0.2) is 8.78 Å². The minimum absolute atomic E-state index is 0.0883. The average Bonchev–Trinajstić information content (AvgIpc) is 3.20. The molecule has 10 heteroatoms. The molecule has 1 atom stereocenters. The molecule has 23 heavy (non-hydrogen) atoms. The summed E-state index contributed by atoms with van der Waals surface area (Å²) in [7, 11) is 0. The number of alkyl halides is 2. The zero-order chi connectivity index (χ0) is 16.6. The van der Waals surface area contributed by atoms with Crippen LogP contribution >= 0.6 is 0 Å². The predicted octanol–water partition coefficient (Wildman–Crippen LogP) is 0.761. The number of rotatable bonds is 4. The fourth-order valence-electron chi connectivity index (χ4n) is 2.33. The summed E-state index contributed by atoms with van der Waals surface area (Å²) in [5.74, 6) is -0.885. The molecule has 3 heterocycles. The highest BCUT2D eigenvalue weighted by atomic mass is 19.3. The summed E-state index contributed by atoms with van der Waals surface area (Å²) in [6, 6.07) is 3.11. The molecule has 3 rings (SSSR count). The average molecular weight is 324 g/mol. The highest BCUT2D eigenvalue weighted by Crippen LogP contribution is 2.32. The van der Waals surface area contributed by atoms with Crippen molar-refractivity contribution in [3.8, 4) is 0 Å². The van der Waals surface area contributed by atoms with Crippen LogP contribution in [0.25, 0.3) is 0 Å². The first-order chi connectivity index (χ1) is 10.9. The Bertz CT molecular complexity index is 741. The maximum atomic E-state index is 13.1. The lowest BCUT2D eigenvalue weighted by Crippen LogP contribution is -2.51. The van der Waals surface area contributed by atoms with Gasteiger partial charge in [0.05, 0.1) is 0 Å². The van der Waals surface area contributed by atoms with Crippen LogP contribution in [-0.4, -0.2) is 53.4 Å². The summed E-state index contributed by atoms with van der Waals surface area (Å²) in [5, 5.41) is 22.2. The Morgan fingerprint density at radius 2 is 2.22 bits per heavy atom. The second kappa shape index (κ2) is 5.54. The Hall–Kier alpha value is -2.62. The number of hydrazone groups is 1. The highest BCUT2D eigenvalue weighted by molar-refractivity contribution is 5.96. The summed E-state index contributed by atoms with van der Waals surface area (Å²) >= 11 is 0. The van der Waals surface area contributed by atoms with Crippen LogP contribution in [-0.2, 0) is 6.67 Å². The van der Waals surface area contributed by atoms with Crippen molar-refractivity contribution in [1.82, 2.24) is 24.6 Å². The number of hydrogen-bond acceptors (Lipinski definition) is 5. The van der Waals surface area contributed by atoms with Gasteiger partial charge < -0.3 is 5.11 Å². The fraction of sp³-hybridized carbons (Fsp3) is 0.385. The Kier molecular flexibility index (Phi) is 3.68. The van der Waals surface area contributed by atoms with Crippen LogP contribution < -0.4 is 0 Å². The second-order valence-corrected chi connectivity index (χ2v) is 5.24. The third kappa shape index (κ3) is 2.72. The van der Waals surface area contributed by atoms with Crippen molar-refractivity contribution in [2.24, 2.45) is 5.10 Å². The first-order valence-corrected chi connectivity index (χ1v) is 6.80. The molecule has 0 bridgehead atoms. The number of nitrogens with zero attached hydrogens (tertiary/aromatic N) is 6. The van der Waals surface area contributed by atoms with Crippen LogP contribution in [0.4, 0.5) is 8.78 Å². The van der Waals surface area contributed by atoms with Gasteiger partial charge in [0.2, 0.25) is 5.72 Å². The summed E-state index contributed by atoms with van der Waals surface area (Å²) < 4.78 is 29.3. The van der Waals surface area contributed by atoms with E-state index in [1.807, 2.05) is 0 Å². The minimum Gasteiger partial charge on any atom is -0.364 e. The van der Waals surface area contributed by atoms with Crippen LogP contribution in [0, 0.1) is 0 Å². The van der Waals surface area contributed by atoms with Crippen molar-refractivity contribution >= 4 is 11.6 Å². The molecular weight excluding hydrogens is 310 g/mol. The second-order valence-electron chi connectivity index (χ2n) is 5.24. The fourth-order valence-corrected chi connectivity index (χ4v) is 2.33. The molecule has 0 aliphatic carbocycles. The third-order valence-corrected chi connectivity index (χ3v) is 3.40. The van der Waals surface area contributed by atoms with Crippen molar-refractivity contribution in [3.63, 3.8) is 0 Å². The number of amides is 1. The van der Waals surface area contributed by atoms with Crippen molar-refractivity contribution in [3.05, 3.63) is 36.4 Å². The zero-order valence-corrected chi connectivity index (χ0v) is 12.2.